The quantitative estimate of drug-likeness (QED) is 0.357. The number of hydrogen-bond acceptors (Lipinski definition) is 6. The average molecular weight is 451 g/mol. The van der Waals surface area contributed by atoms with Crippen LogP contribution in [-0.4, -0.2) is 30.4 Å². The Balaban J connectivity index is 1.67. The van der Waals surface area contributed by atoms with Gasteiger partial charge in [0, 0.05) is 17.1 Å². The maximum absolute atomic E-state index is 13.8. The minimum Gasteiger partial charge on any atom is -0.321 e. The summed E-state index contributed by atoms with van der Waals surface area (Å²) >= 11 is 0. The molecule has 164 valence electrons. The molecule has 0 aliphatic carbocycles. The Kier molecular flexibility index (Phi) is 4.93. The Labute approximate surface area is 183 Å². The van der Waals surface area contributed by atoms with Crippen molar-refractivity contribution in [2.45, 2.75) is 6.18 Å². The third-order valence-electron chi connectivity index (χ3n) is 4.83. The topological polar surface area (TPSA) is 92.3 Å². The summed E-state index contributed by atoms with van der Waals surface area (Å²) in [6.07, 6.45) is -3.07. The molecule has 2 N–H and O–H groups in total. The zero-order valence-corrected chi connectivity index (χ0v) is 16.6. The molecule has 3 heterocycles. The van der Waals surface area contributed by atoms with E-state index in [9.17, 15) is 17.6 Å². The van der Waals surface area contributed by atoms with E-state index in [1.54, 1.807) is 18.2 Å². The lowest BCUT2D eigenvalue weighted by molar-refractivity contribution is -0.137. The first-order valence-electron chi connectivity index (χ1n) is 9.63. The molecule has 0 spiro atoms. The molecule has 0 bridgehead atoms. The molecule has 5 aromatic rings. The molecule has 0 radical (unpaired) electrons. The van der Waals surface area contributed by atoms with Crippen molar-refractivity contribution >= 4 is 22.5 Å². The van der Waals surface area contributed by atoms with Gasteiger partial charge in [0.15, 0.2) is 23.2 Å². The van der Waals surface area contributed by atoms with Crippen LogP contribution in [0.5, 0.6) is 0 Å². The van der Waals surface area contributed by atoms with Gasteiger partial charge in [-0.05, 0) is 36.4 Å². The average Bonchev–Trinajstić information content (AvgIpc) is 3.21. The lowest BCUT2D eigenvalue weighted by Crippen LogP contribution is -2.10. The minimum absolute atomic E-state index is 0.0633. The van der Waals surface area contributed by atoms with E-state index in [0.717, 1.165) is 6.07 Å². The molecule has 0 aliphatic rings. The highest BCUT2D eigenvalue weighted by Crippen LogP contribution is 2.37. The van der Waals surface area contributed by atoms with Crippen LogP contribution in [0.2, 0.25) is 0 Å². The highest BCUT2D eigenvalue weighted by Gasteiger charge is 2.34. The summed E-state index contributed by atoms with van der Waals surface area (Å²) in [6.45, 7) is 0. The van der Waals surface area contributed by atoms with Gasteiger partial charge in [-0.1, -0.05) is 24.3 Å². The third-order valence-corrected chi connectivity index (χ3v) is 4.83. The van der Waals surface area contributed by atoms with Gasteiger partial charge in [-0.3, -0.25) is 10.1 Å². The highest BCUT2D eigenvalue weighted by atomic mass is 19.4. The van der Waals surface area contributed by atoms with Crippen LogP contribution in [-0.2, 0) is 6.18 Å². The molecular formula is C22H13F4N7. The van der Waals surface area contributed by atoms with Crippen LogP contribution in [0.3, 0.4) is 0 Å². The Morgan fingerprint density at radius 2 is 1.70 bits per heavy atom. The smallest absolute Gasteiger partial charge is 0.321 e. The van der Waals surface area contributed by atoms with Crippen molar-refractivity contribution in [1.82, 2.24) is 30.4 Å². The van der Waals surface area contributed by atoms with Gasteiger partial charge < -0.3 is 5.32 Å². The molecule has 3 aromatic heterocycles. The number of halogens is 4. The van der Waals surface area contributed by atoms with Gasteiger partial charge in [-0.2, -0.15) is 18.3 Å². The molecule has 11 heteroatoms. The number of nitrogens with zero attached hydrogens (tertiary/aromatic N) is 5. The Bertz CT molecular complexity index is 1450. The predicted octanol–water partition coefficient (Wildman–Crippen LogP) is 5.38. The second kappa shape index (κ2) is 7.93. The van der Waals surface area contributed by atoms with Gasteiger partial charge in [-0.25, -0.2) is 9.37 Å². The van der Waals surface area contributed by atoms with Crippen LogP contribution in [0.25, 0.3) is 33.7 Å². The summed E-state index contributed by atoms with van der Waals surface area (Å²) < 4.78 is 54.4. The van der Waals surface area contributed by atoms with Crippen molar-refractivity contribution in [2.24, 2.45) is 0 Å². The zero-order chi connectivity index (χ0) is 23.0. The monoisotopic (exact) mass is 451 g/mol. The molecule has 7 nitrogen and oxygen atoms in total. The maximum atomic E-state index is 13.8. The number of pyridine rings is 1. The van der Waals surface area contributed by atoms with Gasteiger partial charge in [0.1, 0.15) is 5.82 Å². The normalized spacial score (nSPS) is 11.6. The summed E-state index contributed by atoms with van der Waals surface area (Å²) in [7, 11) is 0. The summed E-state index contributed by atoms with van der Waals surface area (Å²) in [5.41, 5.74) is 0.0164. The Morgan fingerprint density at radius 1 is 0.879 bits per heavy atom. The van der Waals surface area contributed by atoms with Crippen molar-refractivity contribution in [1.29, 1.82) is 0 Å². The number of H-pyrrole nitrogens is 1. The molecule has 5 rings (SSSR count). The highest BCUT2D eigenvalue weighted by molar-refractivity contribution is 5.92. The molecule has 0 amide bonds. The number of hydrogen-bond donors (Lipinski definition) is 2. The number of fused-ring (bicyclic) bond motifs is 1. The van der Waals surface area contributed by atoms with Crippen LogP contribution in [0.4, 0.5) is 29.2 Å². The third kappa shape index (κ3) is 3.95. The van der Waals surface area contributed by atoms with E-state index in [-0.39, 0.29) is 28.7 Å². The largest absolute Gasteiger partial charge is 0.417 e. The first kappa shape index (κ1) is 20.5. The van der Waals surface area contributed by atoms with Crippen molar-refractivity contribution in [3.63, 3.8) is 0 Å². The van der Waals surface area contributed by atoms with Crippen LogP contribution in [0, 0.1) is 5.82 Å². The fourth-order valence-electron chi connectivity index (χ4n) is 3.32. The molecule has 2 aromatic carbocycles. The van der Waals surface area contributed by atoms with E-state index in [4.69, 9.17) is 0 Å². The van der Waals surface area contributed by atoms with Gasteiger partial charge in [0.05, 0.1) is 16.8 Å². The Morgan fingerprint density at radius 3 is 2.48 bits per heavy atom. The Hall–Kier alpha value is -4.41. The van der Waals surface area contributed by atoms with Gasteiger partial charge in [-0.15, -0.1) is 10.2 Å². The lowest BCUT2D eigenvalue weighted by atomic mass is 10.1. The van der Waals surface area contributed by atoms with Crippen molar-refractivity contribution in [3.05, 3.63) is 78.2 Å². The zero-order valence-electron chi connectivity index (χ0n) is 16.6. The molecular weight excluding hydrogens is 438 g/mol. The molecule has 0 aliphatic heterocycles. The van der Waals surface area contributed by atoms with Crippen molar-refractivity contribution in [2.75, 3.05) is 5.32 Å². The summed E-state index contributed by atoms with van der Waals surface area (Å²) in [6, 6.07) is 14.1. The first-order chi connectivity index (χ1) is 15.9. The molecule has 0 fully saturated rings. The van der Waals surface area contributed by atoms with E-state index in [0.29, 0.717) is 16.6 Å². The van der Waals surface area contributed by atoms with Crippen LogP contribution in [0.15, 0.2) is 66.9 Å². The van der Waals surface area contributed by atoms with E-state index in [1.165, 1.54) is 42.6 Å². The first-order valence-corrected chi connectivity index (χ1v) is 9.63. The number of rotatable bonds is 4. The molecule has 0 unspecified atom stereocenters. The number of aromatic amines is 1. The second-order valence-corrected chi connectivity index (χ2v) is 6.98. The summed E-state index contributed by atoms with van der Waals surface area (Å²) in [4.78, 5) is 8.55. The molecule has 0 saturated carbocycles. The van der Waals surface area contributed by atoms with Gasteiger partial charge >= 0.3 is 6.18 Å². The van der Waals surface area contributed by atoms with Crippen molar-refractivity contribution in [3.8, 4) is 22.8 Å². The predicted molar refractivity (Wildman–Crippen MR) is 113 cm³/mol. The molecule has 0 saturated heterocycles. The van der Waals surface area contributed by atoms with Gasteiger partial charge in [0.2, 0.25) is 0 Å². The van der Waals surface area contributed by atoms with Gasteiger partial charge in [0.25, 0.3) is 0 Å². The summed E-state index contributed by atoms with van der Waals surface area (Å²) in [5, 5.41) is 18.3. The second-order valence-electron chi connectivity index (χ2n) is 6.98. The maximum Gasteiger partial charge on any atom is 0.417 e. The number of aromatic nitrogens is 6. The van der Waals surface area contributed by atoms with E-state index < -0.39 is 17.6 Å². The fraction of sp³-hybridized carbons (Fsp3) is 0.0455. The standard InChI is InChI=1S/C22H13F4N7/c23-12-8-9-16-14(11-12)20(32-30-16)29-21-18(17-7-3-4-10-27-17)31-33-19(28-21)13-5-1-2-6-15(13)22(24,25)26/h1-11H,(H2,28,29,30,32,33). The number of anilines is 2. The fourth-order valence-corrected chi connectivity index (χ4v) is 3.32. The van der Waals surface area contributed by atoms with E-state index in [2.05, 4.69) is 35.7 Å². The SMILES string of the molecule is Fc1ccc2[nH]nc(Nc3nc(-c4ccccc4C(F)(F)F)nnc3-c3ccccn3)c2c1. The van der Waals surface area contributed by atoms with Crippen LogP contribution in [0.1, 0.15) is 5.56 Å². The van der Waals surface area contributed by atoms with Crippen LogP contribution >= 0.6 is 0 Å². The summed E-state index contributed by atoms with van der Waals surface area (Å²) in [5.74, 6) is -0.431. The molecule has 33 heavy (non-hydrogen) atoms. The number of nitrogens with one attached hydrogen (secondary N) is 2. The van der Waals surface area contributed by atoms with Crippen molar-refractivity contribution < 1.29 is 17.6 Å². The number of alkyl halides is 3. The lowest BCUT2D eigenvalue weighted by Gasteiger charge is -2.13. The molecule has 0 atom stereocenters. The van der Waals surface area contributed by atoms with E-state index in [1.807, 2.05) is 0 Å². The number of benzene rings is 2. The van der Waals surface area contributed by atoms with Crippen LogP contribution < -0.4 is 5.32 Å². The van der Waals surface area contributed by atoms with E-state index >= 15 is 0 Å². The minimum atomic E-state index is -4.61.